The van der Waals surface area contributed by atoms with Gasteiger partial charge in [0.2, 0.25) is 0 Å². The molecule has 0 radical (unpaired) electrons. The molecular weight excluding hydrogens is 324 g/mol. The summed E-state index contributed by atoms with van der Waals surface area (Å²) in [6.45, 7) is 3.64. The molecule has 2 aromatic heterocycles. The Balaban J connectivity index is 1.84. The molecule has 0 fully saturated rings. The fourth-order valence-corrected chi connectivity index (χ4v) is 2.67. The summed E-state index contributed by atoms with van der Waals surface area (Å²) in [5, 5.41) is 15.6. The first-order valence-electron chi connectivity index (χ1n) is 7.58. The van der Waals surface area contributed by atoms with E-state index in [1.54, 1.807) is 36.9 Å². The molecule has 25 heavy (non-hydrogen) atoms. The van der Waals surface area contributed by atoms with Crippen molar-refractivity contribution in [2.75, 3.05) is 0 Å². The topological polar surface area (TPSA) is 100 Å². The molecule has 0 bridgehead atoms. The minimum Gasteiger partial charge on any atom is -0.457 e. The van der Waals surface area contributed by atoms with Gasteiger partial charge >= 0.3 is 5.97 Å². The summed E-state index contributed by atoms with van der Waals surface area (Å²) in [7, 11) is 1.77. The van der Waals surface area contributed by atoms with Crippen molar-refractivity contribution in [3.8, 4) is 0 Å². The Bertz CT molecular complexity index is 976. The Kier molecular flexibility index (Phi) is 4.18. The molecule has 0 aliphatic heterocycles. The third-order valence-electron chi connectivity index (χ3n) is 3.83. The number of nitrogens with zero attached hydrogens (tertiary/aromatic N) is 4. The molecule has 2 heterocycles. The standard InChI is InChI=1S/C17H16N4O4/c1-10-8-14(15-11(2)19-20(3)16(15)18-10)17(22)25-9-12-4-6-13(7-5-12)21(23)24/h4-8H,9H2,1-3H3. The number of ether oxygens (including phenoxy) is 1. The first kappa shape index (κ1) is 16.6. The number of esters is 1. The summed E-state index contributed by atoms with van der Waals surface area (Å²) in [5.41, 5.74) is 3.09. The second kappa shape index (κ2) is 6.31. The molecule has 3 rings (SSSR count). The van der Waals surface area contributed by atoms with Gasteiger partial charge in [-0.3, -0.25) is 14.8 Å². The lowest BCUT2D eigenvalue weighted by Crippen LogP contribution is -2.07. The molecule has 8 nitrogen and oxygen atoms in total. The van der Waals surface area contributed by atoms with Crippen LogP contribution in [0.15, 0.2) is 30.3 Å². The summed E-state index contributed by atoms with van der Waals surface area (Å²) >= 11 is 0. The number of pyridine rings is 1. The van der Waals surface area contributed by atoms with E-state index >= 15 is 0 Å². The number of carbonyl (C=O) groups excluding carboxylic acids is 1. The fourth-order valence-electron chi connectivity index (χ4n) is 2.67. The van der Waals surface area contributed by atoms with Crippen LogP contribution in [-0.4, -0.2) is 25.7 Å². The highest BCUT2D eigenvalue weighted by Crippen LogP contribution is 2.23. The van der Waals surface area contributed by atoms with Crippen LogP contribution in [0, 0.1) is 24.0 Å². The normalized spacial score (nSPS) is 10.8. The van der Waals surface area contributed by atoms with E-state index in [4.69, 9.17) is 4.74 Å². The van der Waals surface area contributed by atoms with Gasteiger partial charge in [-0.2, -0.15) is 5.10 Å². The number of aromatic nitrogens is 3. The van der Waals surface area contributed by atoms with Gasteiger partial charge in [-0.05, 0) is 37.6 Å². The molecule has 1 aromatic carbocycles. The van der Waals surface area contributed by atoms with Crippen LogP contribution in [0.5, 0.6) is 0 Å². The van der Waals surface area contributed by atoms with E-state index in [1.165, 1.54) is 12.1 Å². The first-order valence-corrected chi connectivity index (χ1v) is 7.58. The van der Waals surface area contributed by atoms with Gasteiger partial charge in [0.25, 0.3) is 5.69 Å². The van der Waals surface area contributed by atoms with E-state index in [0.717, 1.165) is 0 Å². The van der Waals surface area contributed by atoms with Gasteiger partial charge in [-0.15, -0.1) is 0 Å². The highest BCUT2D eigenvalue weighted by atomic mass is 16.6. The number of non-ortho nitro benzene ring substituents is 1. The number of rotatable bonds is 4. The van der Waals surface area contributed by atoms with Gasteiger partial charge in [0, 0.05) is 24.9 Å². The average molecular weight is 340 g/mol. The number of aryl methyl sites for hydroxylation is 3. The molecule has 0 unspecified atom stereocenters. The number of carbonyl (C=O) groups is 1. The smallest absolute Gasteiger partial charge is 0.339 e. The Labute approximate surface area is 143 Å². The second-order valence-electron chi connectivity index (χ2n) is 5.72. The van der Waals surface area contributed by atoms with Gasteiger partial charge in [0.1, 0.15) is 6.61 Å². The minimum absolute atomic E-state index is 0.00692. The van der Waals surface area contributed by atoms with E-state index < -0.39 is 10.9 Å². The lowest BCUT2D eigenvalue weighted by molar-refractivity contribution is -0.384. The van der Waals surface area contributed by atoms with E-state index in [2.05, 4.69) is 10.1 Å². The van der Waals surface area contributed by atoms with E-state index in [-0.39, 0.29) is 12.3 Å². The minimum atomic E-state index is -0.482. The van der Waals surface area contributed by atoms with Crippen LogP contribution < -0.4 is 0 Å². The summed E-state index contributed by atoms with van der Waals surface area (Å²) < 4.78 is 7.00. The predicted molar refractivity (Wildman–Crippen MR) is 90.2 cm³/mol. The zero-order valence-corrected chi connectivity index (χ0v) is 14.0. The maximum atomic E-state index is 12.5. The van der Waals surface area contributed by atoms with Gasteiger partial charge in [0.05, 0.1) is 21.6 Å². The number of hydrogen-bond acceptors (Lipinski definition) is 6. The van der Waals surface area contributed by atoms with Crippen LogP contribution in [0.1, 0.15) is 27.3 Å². The van der Waals surface area contributed by atoms with E-state index in [0.29, 0.717) is 33.5 Å². The Morgan fingerprint density at radius 3 is 2.60 bits per heavy atom. The molecule has 0 amide bonds. The molecule has 0 aliphatic rings. The zero-order chi connectivity index (χ0) is 18.1. The van der Waals surface area contributed by atoms with Crippen molar-refractivity contribution in [2.24, 2.45) is 7.05 Å². The Morgan fingerprint density at radius 2 is 1.96 bits per heavy atom. The van der Waals surface area contributed by atoms with Gasteiger partial charge in [0.15, 0.2) is 5.65 Å². The molecule has 128 valence electrons. The highest BCUT2D eigenvalue weighted by molar-refractivity contribution is 6.03. The number of benzene rings is 1. The van der Waals surface area contributed by atoms with Gasteiger partial charge in [-0.1, -0.05) is 0 Å². The largest absolute Gasteiger partial charge is 0.457 e. The molecular formula is C17H16N4O4. The van der Waals surface area contributed by atoms with Gasteiger partial charge in [-0.25, -0.2) is 9.78 Å². The highest BCUT2D eigenvalue weighted by Gasteiger charge is 2.19. The van der Waals surface area contributed by atoms with Crippen LogP contribution in [0.3, 0.4) is 0 Å². The second-order valence-corrected chi connectivity index (χ2v) is 5.72. The average Bonchev–Trinajstić information content (AvgIpc) is 2.86. The maximum absolute atomic E-state index is 12.5. The van der Waals surface area contributed by atoms with Gasteiger partial charge < -0.3 is 4.74 Å². The quantitative estimate of drug-likeness (QED) is 0.411. The molecule has 0 saturated carbocycles. The third kappa shape index (κ3) is 3.18. The number of hydrogen-bond donors (Lipinski definition) is 0. The number of nitro benzene ring substituents is 1. The van der Waals surface area contributed by atoms with Crippen molar-refractivity contribution >= 4 is 22.7 Å². The molecule has 0 saturated heterocycles. The Morgan fingerprint density at radius 1 is 1.28 bits per heavy atom. The van der Waals surface area contributed by atoms with Crippen LogP contribution in [0.25, 0.3) is 11.0 Å². The van der Waals surface area contributed by atoms with E-state index in [1.807, 2.05) is 6.92 Å². The van der Waals surface area contributed by atoms with Crippen molar-refractivity contribution < 1.29 is 14.5 Å². The van der Waals surface area contributed by atoms with Crippen LogP contribution in [-0.2, 0) is 18.4 Å². The van der Waals surface area contributed by atoms with Crippen molar-refractivity contribution in [1.29, 1.82) is 0 Å². The zero-order valence-electron chi connectivity index (χ0n) is 14.0. The van der Waals surface area contributed by atoms with Crippen molar-refractivity contribution in [2.45, 2.75) is 20.5 Å². The summed E-state index contributed by atoms with van der Waals surface area (Å²) in [5.74, 6) is -0.482. The van der Waals surface area contributed by atoms with Crippen LogP contribution >= 0.6 is 0 Å². The van der Waals surface area contributed by atoms with Crippen molar-refractivity contribution in [3.05, 3.63) is 63.0 Å². The summed E-state index contributed by atoms with van der Waals surface area (Å²) in [4.78, 5) is 27.1. The molecule has 8 heteroatoms. The SMILES string of the molecule is Cc1cc(C(=O)OCc2ccc([N+](=O)[O-])cc2)c2c(C)nn(C)c2n1. The Hall–Kier alpha value is -3.29. The lowest BCUT2D eigenvalue weighted by atomic mass is 10.1. The monoisotopic (exact) mass is 340 g/mol. The maximum Gasteiger partial charge on any atom is 0.339 e. The van der Waals surface area contributed by atoms with Crippen molar-refractivity contribution in [1.82, 2.24) is 14.8 Å². The molecule has 0 spiro atoms. The fraction of sp³-hybridized carbons (Fsp3) is 0.235. The number of fused-ring (bicyclic) bond motifs is 1. The molecule has 0 N–H and O–H groups in total. The first-order chi connectivity index (χ1) is 11.9. The van der Waals surface area contributed by atoms with Crippen molar-refractivity contribution in [3.63, 3.8) is 0 Å². The lowest BCUT2D eigenvalue weighted by Gasteiger charge is -2.07. The molecule has 0 atom stereocenters. The van der Waals surface area contributed by atoms with Crippen LogP contribution in [0.4, 0.5) is 5.69 Å². The van der Waals surface area contributed by atoms with E-state index in [9.17, 15) is 14.9 Å². The molecule has 3 aromatic rings. The number of nitro groups is 1. The third-order valence-corrected chi connectivity index (χ3v) is 3.83. The summed E-state index contributed by atoms with van der Waals surface area (Å²) in [6, 6.07) is 7.56. The summed E-state index contributed by atoms with van der Waals surface area (Å²) in [6.07, 6.45) is 0. The predicted octanol–water partition coefficient (Wildman–Crippen LogP) is 2.85. The van der Waals surface area contributed by atoms with Crippen LogP contribution in [0.2, 0.25) is 0 Å². The molecule has 0 aliphatic carbocycles.